The molecule has 1 unspecified atom stereocenters. The minimum Gasteiger partial charge on any atom is -0.616 e. The number of halogens is 5. The van der Waals surface area contributed by atoms with E-state index in [1.54, 1.807) is 0 Å². The smallest absolute Gasteiger partial charge is 0.453 e. The number of nitrogens with one attached hydrogen (secondary N) is 3. The van der Waals surface area contributed by atoms with Gasteiger partial charge in [-0.25, -0.2) is 23.4 Å². The average molecular weight is 1210 g/mol. The number of urea groups is 1. The number of aliphatic hydroxyl groups excluding tert-OH is 1. The third kappa shape index (κ3) is 18.9. The number of furan rings is 1. The Bertz CT molecular complexity index is 2920. The molecule has 3 amide bonds. The number of hydrazone groups is 1. The molecule has 0 radical (unpaired) electrons. The molecule has 4 aliphatic rings. The summed E-state index contributed by atoms with van der Waals surface area (Å²) >= 11 is -1.35. The fraction of sp³-hybridized carbons (Fsp3) is 0.559. The van der Waals surface area contributed by atoms with Gasteiger partial charge in [0, 0.05) is 23.6 Å². The van der Waals surface area contributed by atoms with Crippen molar-refractivity contribution >= 4 is 51.0 Å². The highest BCUT2D eigenvalue weighted by Crippen LogP contribution is 2.63. The molecular weight excluding hydrogens is 1130 g/mol. The van der Waals surface area contributed by atoms with E-state index in [9.17, 15) is 69.6 Å². The van der Waals surface area contributed by atoms with Gasteiger partial charge in [0.15, 0.2) is 11.5 Å². The summed E-state index contributed by atoms with van der Waals surface area (Å²) in [6, 6.07) is 18.9. The quantitative estimate of drug-likeness (QED) is 0.00815. The van der Waals surface area contributed by atoms with Gasteiger partial charge in [-0.15, -0.1) is 0 Å². The van der Waals surface area contributed by atoms with Crippen LogP contribution in [0.1, 0.15) is 179 Å². The van der Waals surface area contributed by atoms with Crippen molar-refractivity contribution in [1.29, 1.82) is 0 Å². The number of aliphatic hydroxyl groups is 1. The van der Waals surface area contributed by atoms with E-state index in [0.717, 1.165) is 115 Å². The summed E-state index contributed by atoms with van der Waals surface area (Å²) < 4.78 is 106. The van der Waals surface area contributed by atoms with Crippen LogP contribution in [0.2, 0.25) is 0 Å². The van der Waals surface area contributed by atoms with Gasteiger partial charge in [-0.2, -0.15) is 27.1 Å². The second-order valence-electron chi connectivity index (χ2n) is 22.4. The molecule has 6 N–H and O–H groups in total. The maximum absolute atomic E-state index is 13.0. The topological polar surface area (TPSA) is 274 Å². The summed E-state index contributed by atoms with van der Waals surface area (Å²) in [5.41, 5.74) is 5.68. The van der Waals surface area contributed by atoms with Gasteiger partial charge in [0.1, 0.15) is 27.9 Å². The van der Waals surface area contributed by atoms with Crippen LogP contribution in [0, 0.1) is 33.3 Å². The summed E-state index contributed by atoms with van der Waals surface area (Å²) in [6.07, 6.45) is 12.1. The largest absolute Gasteiger partial charge is 0.616 e. The number of hydrogen-bond acceptors (Lipinski definition) is 13. The Kier molecular flexibility index (Phi) is 24.0. The number of Topliss-reactive ketones (excluding diaryl/α,β-unsaturated/α-hetero) is 1. The third-order valence-electron chi connectivity index (χ3n) is 16.6. The minimum atomic E-state index is -5.54. The lowest BCUT2D eigenvalue weighted by molar-refractivity contribution is -0.402. The van der Waals surface area contributed by atoms with Crippen molar-refractivity contribution in [3.8, 4) is 11.5 Å². The first-order valence-corrected chi connectivity index (χ1v) is 31.4. The van der Waals surface area contributed by atoms with E-state index in [1.165, 1.54) is 78.7 Å². The second-order valence-corrected chi connectivity index (χ2v) is 25.7. The molecule has 3 aromatic carbocycles. The summed E-state index contributed by atoms with van der Waals surface area (Å²) in [5, 5.41) is 46.7. The van der Waals surface area contributed by atoms with E-state index in [0.29, 0.717) is 52.7 Å². The van der Waals surface area contributed by atoms with E-state index >= 15 is 0 Å². The molecule has 8 rings (SSSR count). The summed E-state index contributed by atoms with van der Waals surface area (Å²) in [6.45, 7) is 3.70. The maximum Gasteiger partial charge on any atom is 0.453 e. The Morgan fingerprint density at radius 2 is 1.45 bits per heavy atom. The van der Waals surface area contributed by atoms with Crippen LogP contribution in [0.5, 0.6) is 11.5 Å². The van der Waals surface area contributed by atoms with Crippen LogP contribution in [0.25, 0.3) is 0 Å². The lowest BCUT2D eigenvalue weighted by atomic mass is 9.52. The predicted molar refractivity (Wildman–Crippen MR) is 303 cm³/mol. The Morgan fingerprint density at radius 3 is 2.08 bits per heavy atom. The van der Waals surface area contributed by atoms with Crippen LogP contribution < -0.4 is 15.5 Å². The van der Waals surface area contributed by atoms with Gasteiger partial charge in [-0.1, -0.05) is 87.7 Å². The number of fused-ring (bicyclic) bond motifs is 5. The van der Waals surface area contributed by atoms with Crippen molar-refractivity contribution in [1.82, 2.24) is 15.5 Å². The van der Waals surface area contributed by atoms with Gasteiger partial charge in [0.25, 0.3) is 15.9 Å². The van der Waals surface area contributed by atoms with Crippen LogP contribution in [-0.4, -0.2) is 92.9 Å². The first kappa shape index (κ1) is 66.0. The number of aromatic hydroxyl groups is 2. The van der Waals surface area contributed by atoms with E-state index in [4.69, 9.17) is 9.52 Å². The van der Waals surface area contributed by atoms with Crippen molar-refractivity contribution in [2.75, 3.05) is 11.5 Å². The van der Waals surface area contributed by atoms with Crippen LogP contribution in [0.3, 0.4) is 0 Å². The minimum absolute atomic E-state index is 0.0195. The van der Waals surface area contributed by atoms with Crippen molar-refractivity contribution in [2.45, 2.75) is 177 Å². The van der Waals surface area contributed by atoms with E-state index in [2.05, 4.69) is 28.8 Å². The van der Waals surface area contributed by atoms with Gasteiger partial charge in [-0.3, -0.25) is 19.7 Å². The highest BCUT2D eigenvalue weighted by molar-refractivity contribution is 7.91. The number of phenolic OH excluding ortho intramolecular Hbond substituents is 2. The van der Waals surface area contributed by atoms with Crippen LogP contribution >= 0.6 is 0 Å². The van der Waals surface area contributed by atoms with Crippen LogP contribution in [0.15, 0.2) is 93.3 Å². The molecule has 0 bridgehead atoms. The number of sulfonamides is 1. The molecule has 4 aromatic rings. The predicted octanol–water partition coefficient (Wildman–Crippen LogP) is 12.5. The Hall–Kier alpha value is -6.11. The SMILES string of the molecule is CC(=O)c1ccc(S(=O)(=O)NC(=O)NC2CCCCC2)cc1.C[C@]12CC[C@@H]3c4ccc(O)cc4C[C@@H](CCCCCCCCC[S+]([O-])CCCC(F)(F)C(F)(F)F)[C@H]3[C@@H]1CC[C@@H]2O.O=C(N/N=C/c1ccc([N+](=O)[O-])o1)c1ccc(O)cc1. The lowest BCUT2D eigenvalue weighted by Crippen LogP contribution is -2.47. The van der Waals surface area contributed by atoms with Gasteiger partial charge in [0.2, 0.25) is 0 Å². The molecule has 1 aromatic heterocycles. The monoisotopic (exact) mass is 1210 g/mol. The summed E-state index contributed by atoms with van der Waals surface area (Å²) in [5.74, 6) is -2.76. The molecule has 83 heavy (non-hydrogen) atoms. The van der Waals surface area contributed by atoms with Crippen molar-refractivity contribution < 1.29 is 74.0 Å². The molecule has 7 atom stereocenters. The zero-order valence-corrected chi connectivity index (χ0v) is 48.4. The molecule has 17 nitrogen and oxygen atoms in total. The van der Waals surface area contributed by atoms with Crippen LogP contribution in [-0.2, 0) is 27.6 Å². The number of nitrogens with zero attached hydrogens (tertiary/aromatic N) is 2. The zero-order valence-electron chi connectivity index (χ0n) is 46.7. The Morgan fingerprint density at radius 1 is 0.819 bits per heavy atom. The van der Waals surface area contributed by atoms with Gasteiger partial charge >= 0.3 is 24.0 Å². The molecule has 1 heterocycles. The van der Waals surface area contributed by atoms with Crippen molar-refractivity contribution in [3.63, 3.8) is 0 Å². The number of ketones is 1. The number of nitro groups is 1. The van der Waals surface area contributed by atoms with E-state index in [1.807, 2.05) is 16.9 Å². The molecule has 3 fully saturated rings. The number of unbranched alkanes of at least 4 members (excludes halogenated alkanes) is 6. The lowest BCUT2D eigenvalue weighted by Gasteiger charge is -2.53. The van der Waals surface area contributed by atoms with E-state index < -0.39 is 68.9 Å². The number of rotatable bonds is 22. The first-order valence-electron chi connectivity index (χ1n) is 28.4. The van der Waals surface area contributed by atoms with Crippen molar-refractivity contribution in [2.24, 2.45) is 28.3 Å². The third-order valence-corrected chi connectivity index (χ3v) is 19.4. The number of hydrogen-bond donors (Lipinski definition) is 6. The summed E-state index contributed by atoms with van der Waals surface area (Å²) in [4.78, 5) is 44.3. The fourth-order valence-corrected chi connectivity index (χ4v) is 14.2. The number of amides is 3. The number of alkyl halides is 5. The second kappa shape index (κ2) is 30.1. The molecule has 3 saturated carbocycles. The molecule has 24 heteroatoms. The highest BCUT2D eigenvalue weighted by atomic mass is 32.2. The molecule has 0 spiro atoms. The van der Waals surface area contributed by atoms with Crippen LogP contribution in [0.4, 0.5) is 32.6 Å². The molecule has 4 aliphatic carbocycles. The summed E-state index contributed by atoms with van der Waals surface area (Å²) in [7, 11) is -3.93. The average Bonchev–Trinajstić information content (AvgIpc) is 2.12. The Balaban J connectivity index is 0.000000221. The number of benzene rings is 3. The first-order chi connectivity index (χ1) is 39.3. The maximum atomic E-state index is 13.0. The Labute approximate surface area is 484 Å². The molecule has 456 valence electrons. The number of carbonyl (C=O) groups excluding carboxylic acids is 3. The van der Waals surface area contributed by atoms with Gasteiger partial charge in [-0.05, 0) is 172 Å². The fourth-order valence-electron chi connectivity index (χ4n) is 12.1. The molecule has 0 saturated heterocycles. The zero-order chi connectivity index (χ0) is 60.5. The molecular formula is C59H76F5N5O12S2. The van der Waals surface area contributed by atoms with Gasteiger partial charge < -0.3 is 29.6 Å². The standard InChI is InChI=1S/C32H47F5O3S.C15H20N2O4S.C12H9N3O5/c1-30-17-15-26-25-12-11-24(38)21-23(25)20-22(29(26)27(30)13-14-28(30)39)10-7-5-3-2-4-6-8-18-41(40)19-9-16-31(33,34)32(35,36)37;1-11(18)12-7-9-14(10-8-12)22(20,21)17-15(19)16-13-5-3-2-4-6-13;16-9-3-1-8(2-4-9)12(17)14-13-7-10-5-6-11(20-10)15(18)19/h11-12,21-22,26-29,38-39H,2-10,13-20H2,1H3;7-10,13H,2-6H2,1H3,(H2,16,17,19);1-7,16H,(H,14,17)/b;;13-7+/t22-,26-,27+,28+,29-,30+,41?;;/m1../s1. The molecule has 0 aliphatic heterocycles. The normalized spacial score (nSPS) is 21.9. The van der Waals surface area contributed by atoms with Crippen molar-refractivity contribution in [3.05, 3.63) is 117 Å². The highest BCUT2D eigenvalue weighted by Gasteiger charge is 2.57. The van der Waals surface area contributed by atoms with E-state index in [-0.39, 0.29) is 45.5 Å². The number of phenols is 2. The van der Waals surface area contributed by atoms with Gasteiger partial charge in [0.05, 0.1) is 23.3 Å². The number of carbonyl (C=O) groups is 3.